The molecule has 0 aliphatic rings. The Morgan fingerprint density at radius 2 is 2.20 bits per heavy atom. The fourth-order valence-electron chi connectivity index (χ4n) is 1.14. The van der Waals surface area contributed by atoms with Gasteiger partial charge >= 0.3 is 7.12 Å². The summed E-state index contributed by atoms with van der Waals surface area (Å²) in [5, 5.41) is 18.5. The van der Waals surface area contributed by atoms with Crippen LogP contribution < -0.4 is 10.2 Å². The van der Waals surface area contributed by atoms with Crippen LogP contribution in [0.3, 0.4) is 0 Å². The van der Waals surface area contributed by atoms with Crippen LogP contribution in [0.2, 0.25) is 0 Å². The predicted molar refractivity (Wildman–Crippen MR) is 56.9 cm³/mol. The van der Waals surface area contributed by atoms with E-state index >= 15 is 0 Å². The maximum Gasteiger partial charge on any atom is 0.492 e. The lowest BCUT2D eigenvalue weighted by Gasteiger charge is -2.13. The Morgan fingerprint density at radius 3 is 2.67 bits per heavy atom. The number of methoxy groups -OCH3 is 1. The molecule has 0 saturated heterocycles. The molecule has 1 aromatic carbocycles. The summed E-state index contributed by atoms with van der Waals surface area (Å²) in [5.74, 6) is -4.89. The molecule has 0 unspecified atom stereocenters. The Labute approximate surface area is 98.5 Å². The van der Waals surface area contributed by atoms with Gasteiger partial charge in [0.25, 0.3) is 0 Å². The number of benzene rings is 1. The SMILES string of the molecule is [2H]C(c1cc(B(O)O)c(OC)cc1F)([13C]([2H])([2H])[2H])[13C]([2H])([2H])[2H]. The van der Waals surface area contributed by atoms with Crippen molar-refractivity contribution in [3.05, 3.63) is 23.5 Å². The van der Waals surface area contributed by atoms with Crippen molar-refractivity contribution in [3.8, 4) is 5.75 Å². The number of hydrogen-bond acceptors (Lipinski definition) is 3. The van der Waals surface area contributed by atoms with Crippen LogP contribution in [0.1, 0.15) is 34.8 Å². The normalized spacial score (nSPS) is 19.9. The summed E-state index contributed by atoms with van der Waals surface area (Å²) in [6, 6.07) is 1.23. The van der Waals surface area contributed by atoms with Gasteiger partial charge in [-0.1, -0.05) is 19.8 Å². The zero-order valence-electron chi connectivity index (χ0n) is 14.9. The Bertz CT molecular complexity index is 545. The fourth-order valence-corrected chi connectivity index (χ4v) is 1.14. The van der Waals surface area contributed by atoms with E-state index in [-0.39, 0.29) is 5.75 Å². The molecule has 0 aliphatic carbocycles. The van der Waals surface area contributed by atoms with E-state index in [4.69, 9.17) is 14.3 Å². The topological polar surface area (TPSA) is 49.7 Å². The van der Waals surface area contributed by atoms with Gasteiger partial charge in [-0.25, -0.2) is 4.39 Å². The molecule has 0 bridgehead atoms. The first-order valence-corrected chi connectivity index (χ1v) is 4.01. The third kappa shape index (κ3) is 2.49. The Balaban J connectivity index is 3.75. The second kappa shape index (κ2) is 4.64. The first-order valence-electron chi connectivity index (χ1n) is 7.51. The van der Waals surface area contributed by atoms with Crippen molar-refractivity contribution in [2.45, 2.75) is 19.6 Å². The van der Waals surface area contributed by atoms with Crippen LogP contribution >= 0.6 is 0 Å². The standard InChI is InChI=1S/C10H14BFO3/c1-6(2)7-4-8(11(13)14)10(15-3)5-9(7)12/h4-6,13-14H,1-3H3/i1+1D3,2+1D3,6D. The molecule has 0 radical (unpaired) electrons. The van der Waals surface area contributed by atoms with Gasteiger partial charge in [-0.3, -0.25) is 0 Å². The van der Waals surface area contributed by atoms with E-state index in [0.717, 1.165) is 7.11 Å². The summed E-state index contributed by atoms with van der Waals surface area (Å²) in [4.78, 5) is 0. The Hall–Kier alpha value is -1.07. The van der Waals surface area contributed by atoms with Gasteiger partial charge in [0.1, 0.15) is 11.6 Å². The Morgan fingerprint density at radius 1 is 1.53 bits per heavy atom. The van der Waals surface area contributed by atoms with Crippen molar-refractivity contribution in [2.24, 2.45) is 0 Å². The average Bonchev–Trinajstić information content (AvgIpc) is 2.34. The molecule has 0 aromatic heterocycles. The van der Waals surface area contributed by atoms with E-state index < -0.39 is 43.6 Å². The summed E-state index contributed by atoms with van der Waals surface area (Å²) in [7, 11) is -1.05. The van der Waals surface area contributed by atoms with E-state index in [1.54, 1.807) is 0 Å². The minimum atomic E-state index is -3.38. The second-order valence-electron chi connectivity index (χ2n) is 2.82. The zero-order valence-corrected chi connectivity index (χ0v) is 7.91. The minimum Gasteiger partial charge on any atom is -0.497 e. The van der Waals surface area contributed by atoms with Gasteiger partial charge in [0.2, 0.25) is 0 Å². The van der Waals surface area contributed by atoms with E-state index in [1.807, 2.05) is 0 Å². The van der Waals surface area contributed by atoms with Crippen LogP contribution in [-0.4, -0.2) is 24.3 Å². The molecule has 0 aliphatic heterocycles. The third-order valence-corrected chi connectivity index (χ3v) is 1.87. The van der Waals surface area contributed by atoms with Crippen molar-refractivity contribution in [1.82, 2.24) is 0 Å². The zero-order chi connectivity index (χ0) is 17.5. The van der Waals surface area contributed by atoms with Gasteiger partial charge in [0.05, 0.1) is 7.11 Å². The number of hydrogen-bond donors (Lipinski definition) is 2. The molecule has 0 amide bonds. The highest BCUT2D eigenvalue weighted by atomic mass is 19.1. The van der Waals surface area contributed by atoms with Crippen molar-refractivity contribution < 1.29 is 28.8 Å². The van der Waals surface area contributed by atoms with Gasteiger partial charge in [-0.15, -0.1) is 0 Å². The molecule has 0 fully saturated rings. The van der Waals surface area contributed by atoms with Gasteiger partial charge < -0.3 is 14.8 Å². The quantitative estimate of drug-likeness (QED) is 0.581. The Kier molecular flexibility index (Phi) is 1.64. The van der Waals surface area contributed by atoms with Crippen molar-refractivity contribution in [3.63, 3.8) is 0 Å². The summed E-state index contributed by atoms with van der Waals surface area (Å²) in [6.07, 6.45) is 0. The number of rotatable bonds is 3. The lowest BCUT2D eigenvalue weighted by molar-refractivity contribution is 0.400. The lowest BCUT2D eigenvalue weighted by Crippen LogP contribution is -2.32. The van der Waals surface area contributed by atoms with E-state index in [2.05, 4.69) is 0 Å². The molecule has 0 spiro atoms. The summed E-state index contributed by atoms with van der Waals surface area (Å²) >= 11 is 0. The summed E-state index contributed by atoms with van der Waals surface area (Å²) in [5.41, 5.74) is -1.43. The molecular weight excluding hydrogens is 200 g/mol. The van der Waals surface area contributed by atoms with Crippen LogP contribution in [0.4, 0.5) is 4.39 Å². The van der Waals surface area contributed by atoms with Crippen LogP contribution in [0.5, 0.6) is 5.75 Å². The van der Waals surface area contributed by atoms with Crippen LogP contribution in [0.25, 0.3) is 0 Å². The number of ether oxygens (including phenoxy) is 1. The van der Waals surface area contributed by atoms with E-state index in [9.17, 15) is 14.4 Å². The van der Waals surface area contributed by atoms with Gasteiger partial charge in [0.15, 0.2) is 0 Å². The van der Waals surface area contributed by atoms with Crippen molar-refractivity contribution in [2.75, 3.05) is 7.11 Å². The highest BCUT2D eigenvalue weighted by Crippen LogP contribution is 2.21. The average molecular weight is 221 g/mol. The molecule has 1 aromatic rings. The van der Waals surface area contributed by atoms with Crippen molar-refractivity contribution >= 4 is 12.6 Å². The number of halogens is 1. The fraction of sp³-hybridized carbons (Fsp3) is 0.400. The molecule has 3 nitrogen and oxygen atoms in total. The lowest BCUT2D eigenvalue weighted by atomic mass is 9.78. The summed E-state index contributed by atoms with van der Waals surface area (Å²) < 4.78 is 70.7. The minimum absolute atomic E-state index is 0.310. The molecule has 2 N–H and O–H groups in total. The van der Waals surface area contributed by atoms with Gasteiger partial charge in [-0.2, -0.15) is 0 Å². The second-order valence-corrected chi connectivity index (χ2v) is 2.82. The van der Waals surface area contributed by atoms with Gasteiger partial charge in [0, 0.05) is 21.1 Å². The molecular formula is C10H14BFO3. The van der Waals surface area contributed by atoms with E-state index in [1.165, 1.54) is 0 Å². The molecule has 0 atom stereocenters. The maximum atomic E-state index is 14.2. The largest absolute Gasteiger partial charge is 0.497 e. The first-order chi connectivity index (χ1) is 9.77. The maximum absolute atomic E-state index is 14.2. The first kappa shape index (κ1) is 5.32. The van der Waals surface area contributed by atoms with Crippen LogP contribution in [0.15, 0.2) is 12.1 Å². The predicted octanol–water partition coefficient (Wildman–Crippen LogP) is 0.638. The molecule has 0 saturated carbocycles. The van der Waals surface area contributed by atoms with E-state index in [0.29, 0.717) is 12.1 Å². The van der Waals surface area contributed by atoms with Crippen molar-refractivity contribution in [1.29, 1.82) is 0 Å². The monoisotopic (exact) mass is 221 g/mol. The molecule has 82 valence electrons. The van der Waals surface area contributed by atoms with Gasteiger partial charge in [-0.05, 0) is 11.5 Å². The highest BCUT2D eigenvalue weighted by Gasteiger charge is 2.20. The molecule has 1 rings (SSSR count). The smallest absolute Gasteiger partial charge is 0.492 e. The highest BCUT2D eigenvalue weighted by molar-refractivity contribution is 6.59. The third-order valence-electron chi connectivity index (χ3n) is 1.87. The van der Waals surface area contributed by atoms with Crippen LogP contribution in [0, 0.1) is 5.82 Å². The van der Waals surface area contributed by atoms with Crippen LogP contribution in [-0.2, 0) is 0 Å². The molecule has 0 heterocycles. The molecule has 15 heavy (non-hydrogen) atoms. The summed E-state index contributed by atoms with van der Waals surface area (Å²) in [6.45, 7) is -6.77. The molecule has 5 heteroatoms.